The number of hydrogen-bond donors (Lipinski definition) is 1. The lowest BCUT2D eigenvalue weighted by Gasteiger charge is -2.25. The molecule has 7 heteroatoms. The minimum Gasteiger partial charge on any atom is -0.507 e. The second-order valence-corrected chi connectivity index (χ2v) is 9.21. The molecule has 0 bridgehead atoms. The van der Waals surface area contributed by atoms with Crippen molar-refractivity contribution < 1.29 is 24.2 Å². The maximum Gasteiger partial charge on any atom is 0.295 e. The van der Waals surface area contributed by atoms with Crippen molar-refractivity contribution in [1.82, 2.24) is 4.90 Å². The van der Waals surface area contributed by atoms with Crippen LogP contribution in [0.5, 0.6) is 5.75 Å². The van der Waals surface area contributed by atoms with E-state index in [1.165, 1.54) is 12.0 Å². The van der Waals surface area contributed by atoms with E-state index in [0.29, 0.717) is 17.9 Å². The Morgan fingerprint density at radius 1 is 1.03 bits per heavy atom. The Balaban J connectivity index is 1.70. The lowest BCUT2D eigenvalue weighted by atomic mass is 9.94. The third-order valence-electron chi connectivity index (χ3n) is 5.94. The zero-order chi connectivity index (χ0) is 24.9. The Labute approximate surface area is 212 Å². The molecule has 180 valence electrons. The van der Waals surface area contributed by atoms with Gasteiger partial charge in [-0.05, 0) is 53.9 Å². The Kier molecular flexibility index (Phi) is 7.68. The highest BCUT2D eigenvalue weighted by molar-refractivity contribution is 9.10. The van der Waals surface area contributed by atoms with Gasteiger partial charge in [-0.3, -0.25) is 9.59 Å². The van der Waals surface area contributed by atoms with Crippen LogP contribution in [0.2, 0.25) is 0 Å². The van der Waals surface area contributed by atoms with Crippen LogP contribution < -0.4 is 4.74 Å². The molecule has 0 saturated carbocycles. The van der Waals surface area contributed by atoms with Crippen LogP contribution >= 0.6 is 15.9 Å². The molecule has 0 spiro atoms. The molecule has 3 aromatic rings. The number of Topliss-reactive ketones (excluding diaryl/α,β-unsaturated/α-hetero) is 1. The number of benzene rings is 3. The van der Waals surface area contributed by atoms with Gasteiger partial charge in [0.2, 0.25) is 0 Å². The summed E-state index contributed by atoms with van der Waals surface area (Å²) in [4.78, 5) is 27.5. The highest BCUT2D eigenvalue weighted by Crippen LogP contribution is 2.40. The number of halogens is 1. The summed E-state index contributed by atoms with van der Waals surface area (Å²) < 4.78 is 11.9. The molecule has 1 heterocycles. The number of rotatable bonds is 8. The zero-order valence-corrected chi connectivity index (χ0v) is 21.1. The Morgan fingerprint density at radius 3 is 2.49 bits per heavy atom. The van der Waals surface area contributed by atoms with Crippen molar-refractivity contribution in [2.75, 3.05) is 20.3 Å². The number of carbonyl (C=O) groups is 2. The largest absolute Gasteiger partial charge is 0.507 e. The number of amides is 1. The molecule has 3 aromatic carbocycles. The van der Waals surface area contributed by atoms with Crippen LogP contribution in [0.1, 0.15) is 28.3 Å². The van der Waals surface area contributed by atoms with Crippen LogP contribution in [0.15, 0.2) is 82.8 Å². The summed E-state index contributed by atoms with van der Waals surface area (Å²) in [5, 5.41) is 11.3. The van der Waals surface area contributed by atoms with E-state index >= 15 is 0 Å². The van der Waals surface area contributed by atoms with Crippen molar-refractivity contribution in [3.05, 3.63) is 105 Å². The molecule has 0 aromatic heterocycles. The fourth-order valence-corrected chi connectivity index (χ4v) is 4.62. The van der Waals surface area contributed by atoms with E-state index in [9.17, 15) is 14.7 Å². The summed E-state index contributed by atoms with van der Waals surface area (Å²) in [5.41, 5.74) is 3.02. The fourth-order valence-electron chi connectivity index (χ4n) is 4.20. The number of hydrogen-bond acceptors (Lipinski definition) is 5. The number of likely N-dealkylation sites (tertiary alicyclic amines) is 1. The molecule has 35 heavy (non-hydrogen) atoms. The van der Waals surface area contributed by atoms with Crippen molar-refractivity contribution in [3.63, 3.8) is 0 Å². The van der Waals surface area contributed by atoms with E-state index in [1.807, 2.05) is 67.6 Å². The Morgan fingerprint density at radius 2 is 1.80 bits per heavy atom. The molecular weight excluding hydrogens is 510 g/mol. The van der Waals surface area contributed by atoms with Gasteiger partial charge >= 0.3 is 0 Å². The number of nitrogens with zero attached hydrogens (tertiary/aromatic N) is 1. The minimum atomic E-state index is -0.726. The van der Waals surface area contributed by atoms with E-state index < -0.39 is 17.7 Å². The molecule has 1 amide bonds. The predicted octanol–water partition coefficient (Wildman–Crippen LogP) is 5.40. The monoisotopic (exact) mass is 535 g/mol. The average molecular weight is 536 g/mol. The molecule has 1 saturated heterocycles. The summed E-state index contributed by atoms with van der Waals surface area (Å²) >= 11 is 3.46. The first kappa shape index (κ1) is 24.7. The van der Waals surface area contributed by atoms with Crippen LogP contribution in [0.25, 0.3) is 5.76 Å². The summed E-state index contributed by atoms with van der Waals surface area (Å²) in [6.45, 7) is 2.74. The van der Waals surface area contributed by atoms with E-state index in [4.69, 9.17) is 9.47 Å². The lowest BCUT2D eigenvalue weighted by Crippen LogP contribution is -2.32. The van der Waals surface area contributed by atoms with Crippen molar-refractivity contribution in [2.24, 2.45) is 0 Å². The quantitative estimate of drug-likeness (QED) is 0.237. The third-order valence-corrected chi connectivity index (χ3v) is 6.44. The summed E-state index contributed by atoms with van der Waals surface area (Å²) in [5.74, 6) is -0.936. The summed E-state index contributed by atoms with van der Waals surface area (Å²) in [6, 6.07) is 21.8. The van der Waals surface area contributed by atoms with Crippen LogP contribution in [0, 0.1) is 6.92 Å². The van der Waals surface area contributed by atoms with Crippen molar-refractivity contribution in [1.29, 1.82) is 0 Å². The molecule has 0 radical (unpaired) electrons. The van der Waals surface area contributed by atoms with Gasteiger partial charge in [-0.2, -0.15) is 0 Å². The molecular formula is C28H26BrNO5. The van der Waals surface area contributed by atoms with Crippen molar-refractivity contribution >= 4 is 33.4 Å². The fraction of sp³-hybridized carbons (Fsp3) is 0.214. The topological polar surface area (TPSA) is 76.1 Å². The van der Waals surface area contributed by atoms with Gasteiger partial charge < -0.3 is 19.5 Å². The van der Waals surface area contributed by atoms with Crippen molar-refractivity contribution in [3.8, 4) is 5.75 Å². The van der Waals surface area contributed by atoms with Gasteiger partial charge in [0.15, 0.2) is 0 Å². The molecule has 6 nitrogen and oxygen atoms in total. The van der Waals surface area contributed by atoms with Gasteiger partial charge in [-0.25, -0.2) is 0 Å². The van der Waals surface area contributed by atoms with Gasteiger partial charge in [0.05, 0.1) is 18.2 Å². The normalized spacial score (nSPS) is 17.1. The summed E-state index contributed by atoms with van der Waals surface area (Å²) in [6.07, 6.45) is 0. The van der Waals surface area contributed by atoms with Gasteiger partial charge in [0.25, 0.3) is 11.7 Å². The molecule has 1 aliphatic heterocycles. The first-order valence-corrected chi connectivity index (χ1v) is 12.0. The molecule has 0 unspecified atom stereocenters. The molecule has 1 fully saturated rings. The standard InChI is InChI=1S/C28H26BrNO5/c1-18-15-22(35-17-19-7-4-3-5-8-19)11-12-23(18)26(31)24-25(20-9-6-10-21(29)16-20)30(13-14-34-2)28(33)27(24)32/h3-12,15-16,25,31H,13-14,17H2,1-2H3/b26-24+/t25-/m0/s1. The van der Waals surface area contributed by atoms with Gasteiger partial charge in [-0.1, -0.05) is 58.4 Å². The second-order valence-electron chi connectivity index (χ2n) is 8.29. The molecule has 1 N–H and O–H groups in total. The highest BCUT2D eigenvalue weighted by Gasteiger charge is 2.46. The van der Waals surface area contributed by atoms with Gasteiger partial charge in [0, 0.05) is 23.7 Å². The number of ether oxygens (including phenoxy) is 2. The molecule has 1 atom stereocenters. The van der Waals surface area contributed by atoms with Crippen LogP contribution in [0.4, 0.5) is 0 Å². The van der Waals surface area contributed by atoms with Crippen molar-refractivity contribution in [2.45, 2.75) is 19.6 Å². The maximum atomic E-state index is 13.1. The van der Waals surface area contributed by atoms with Gasteiger partial charge in [0.1, 0.15) is 18.1 Å². The Hall–Kier alpha value is -3.42. The van der Waals surface area contributed by atoms with E-state index in [2.05, 4.69) is 15.9 Å². The van der Waals surface area contributed by atoms with Crippen LogP contribution in [-0.2, 0) is 20.9 Å². The van der Waals surface area contributed by atoms with Crippen LogP contribution in [0.3, 0.4) is 0 Å². The number of carbonyl (C=O) groups excluding carboxylic acids is 2. The van der Waals surface area contributed by atoms with E-state index in [1.54, 1.807) is 12.1 Å². The molecule has 1 aliphatic rings. The third kappa shape index (κ3) is 5.31. The number of aliphatic hydroxyl groups excluding tert-OH is 1. The zero-order valence-electron chi connectivity index (χ0n) is 19.5. The number of ketones is 1. The molecule has 0 aliphatic carbocycles. The highest BCUT2D eigenvalue weighted by atomic mass is 79.9. The number of aryl methyl sites for hydroxylation is 1. The Bertz CT molecular complexity index is 1270. The number of methoxy groups -OCH3 is 1. The first-order chi connectivity index (χ1) is 16.9. The average Bonchev–Trinajstić information content (AvgIpc) is 3.11. The first-order valence-electron chi connectivity index (χ1n) is 11.2. The predicted molar refractivity (Wildman–Crippen MR) is 137 cm³/mol. The summed E-state index contributed by atoms with van der Waals surface area (Å²) in [7, 11) is 1.54. The second kappa shape index (κ2) is 10.9. The lowest BCUT2D eigenvalue weighted by molar-refractivity contribution is -0.140. The minimum absolute atomic E-state index is 0.0604. The maximum absolute atomic E-state index is 13.1. The van der Waals surface area contributed by atoms with Gasteiger partial charge in [-0.15, -0.1) is 0 Å². The van der Waals surface area contributed by atoms with E-state index in [0.717, 1.165) is 21.2 Å². The number of aliphatic hydroxyl groups is 1. The van der Waals surface area contributed by atoms with E-state index in [-0.39, 0.29) is 24.5 Å². The SMILES string of the molecule is COCCN1C(=O)C(=O)/C(=C(/O)c2ccc(OCc3ccccc3)cc2C)[C@@H]1c1cccc(Br)c1. The van der Waals surface area contributed by atoms with Crippen LogP contribution in [-0.4, -0.2) is 42.0 Å². The molecule has 4 rings (SSSR count). The smallest absolute Gasteiger partial charge is 0.295 e.